The summed E-state index contributed by atoms with van der Waals surface area (Å²) in [6.45, 7) is 5.13. The van der Waals surface area contributed by atoms with Gasteiger partial charge in [0.2, 0.25) is 0 Å². The molecule has 0 saturated heterocycles. The fourth-order valence-corrected chi connectivity index (χ4v) is 3.35. The zero-order valence-electron chi connectivity index (χ0n) is 19.5. The number of allylic oxidation sites excluding steroid dienone is 2. The van der Waals surface area contributed by atoms with Gasteiger partial charge in [-0.25, -0.2) is 4.79 Å². The van der Waals surface area contributed by atoms with Crippen molar-refractivity contribution in [3.8, 4) is 11.5 Å². The van der Waals surface area contributed by atoms with Crippen LogP contribution in [0.15, 0.2) is 73.3 Å². The highest BCUT2D eigenvalue weighted by molar-refractivity contribution is 5.80. The highest BCUT2D eigenvalue weighted by Gasteiger charge is 2.17. The van der Waals surface area contributed by atoms with Crippen molar-refractivity contribution in [2.75, 3.05) is 7.11 Å². The Balaban J connectivity index is 0.000000569. The first-order valence-electron chi connectivity index (χ1n) is 11.3. The third-order valence-corrected chi connectivity index (χ3v) is 5.07. The number of hydrogen-bond acceptors (Lipinski definition) is 5. The van der Waals surface area contributed by atoms with Gasteiger partial charge in [-0.2, -0.15) is 0 Å². The van der Waals surface area contributed by atoms with Crippen LogP contribution in [0.4, 0.5) is 0 Å². The summed E-state index contributed by atoms with van der Waals surface area (Å²) < 4.78 is 16.0. The molecule has 1 N–H and O–H groups in total. The number of hydrogen-bond donors (Lipinski definition) is 1. The van der Waals surface area contributed by atoms with Crippen LogP contribution in [0.5, 0.6) is 11.5 Å². The zero-order valence-corrected chi connectivity index (χ0v) is 19.5. The van der Waals surface area contributed by atoms with E-state index in [1.807, 2.05) is 67.6 Å². The van der Waals surface area contributed by atoms with Crippen LogP contribution >= 0.6 is 0 Å². The molecule has 2 aromatic carbocycles. The summed E-state index contributed by atoms with van der Waals surface area (Å²) in [4.78, 5) is 9.84. The van der Waals surface area contributed by atoms with Gasteiger partial charge in [-0.05, 0) is 55.2 Å². The molecule has 1 atom stereocenters. The third kappa shape index (κ3) is 10.7. The first-order valence-corrected chi connectivity index (χ1v) is 11.3. The molecule has 0 radical (unpaired) electrons. The summed E-state index contributed by atoms with van der Waals surface area (Å²) in [6.07, 6.45) is 15.4. The van der Waals surface area contributed by atoms with Gasteiger partial charge in [0.25, 0.3) is 0 Å². The van der Waals surface area contributed by atoms with Gasteiger partial charge in [0.05, 0.1) is 13.2 Å². The lowest BCUT2D eigenvalue weighted by atomic mass is 9.98. The minimum Gasteiger partial charge on any atom is -0.508 e. The fourth-order valence-electron chi connectivity index (χ4n) is 3.35. The van der Waals surface area contributed by atoms with Crippen molar-refractivity contribution in [3.63, 3.8) is 0 Å². The van der Waals surface area contributed by atoms with Crippen molar-refractivity contribution in [2.24, 2.45) is 0 Å². The van der Waals surface area contributed by atoms with E-state index in [2.05, 4.69) is 11.3 Å². The topological polar surface area (TPSA) is 65.0 Å². The van der Waals surface area contributed by atoms with E-state index < -0.39 is 5.97 Å². The molecule has 0 heterocycles. The van der Waals surface area contributed by atoms with Crippen LogP contribution in [0.2, 0.25) is 0 Å². The molecule has 3 rings (SSSR count). The summed E-state index contributed by atoms with van der Waals surface area (Å²) in [5.41, 5.74) is 2.16. The second-order valence-electron chi connectivity index (χ2n) is 7.69. The SMILES string of the molecule is C=CC(=O)OC.CC(Oc1ccc(C=CC=Cc2ccc(O)cc2)cc1)OC1CCCCC1. The Morgan fingerprint density at radius 3 is 2.00 bits per heavy atom. The normalized spacial score (nSPS) is 15.0. The van der Waals surface area contributed by atoms with Gasteiger partial charge in [0, 0.05) is 6.08 Å². The summed E-state index contributed by atoms with van der Waals surface area (Å²) in [5, 5.41) is 9.28. The molecule has 33 heavy (non-hydrogen) atoms. The first kappa shape index (κ1) is 25.9. The third-order valence-electron chi connectivity index (χ3n) is 5.07. The van der Waals surface area contributed by atoms with Crippen LogP contribution in [-0.2, 0) is 14.3 Å². The number of aromatic hydroxyl groups is 1. The van der Waals surface area contributed by atoms with Gasteiger partial charge in [-0.3, -0.25) is 0 Å². The molecule has 1 aliphatic rings. The van der Waals surface area contributed by atoms with E-state index in [-0.39, 0.29) is 12.0 Å². The van der Waals surface area contributed by atoms with E-state index in [0.717, 1.165) is 35.8 Å². The Labute approximate surface area is 197 Å². The number of ether oxygens (including phenoxy) is 3. The molecule has 0 aliphatic heterocycles. The number of esters is 1. The monoisotopic (exact) mass is 450 g/mol. The van der Waals surface area contributed by atoms with E-state index >= 15 is 0 Å². The van der Waals surface area contributed by atoms with Gasteiger partial charge in [-0.15, -0.1) is 0 Å². The van der Waals surface area contributed by atoms with Crippen LogP contribution in [0.25, 0.3) is 12.2 Å². The van der Waals surface area contributed by atoms with E-state index in [1.54, 1.807) is 12.1 Å². The van der Waals surface area contributed by atoms with E-state index in [0.29, 0.717) is 6.10 Å². The number of methoxy groups -OCH3 is 1. The van der Waals surface area contributed by atoms with Crippen molar-refractivity contribution < 1.29 is 24.1 Å². The Hall–Kier alpha value is -3.31. The zero-order chi connectivity index (χ0) is 23.9. The van der Waals surface area contributed by atoms with Crippen molar-refractivity contribution in [1.29, 1.82) is 0 Å². The number of carbonyl (C=O) groups is 1. The molecule has 0 aromatic heterocycles. The van der Waals surface area contributed by atoms with Crippen LogP contribution in [0.1, 0.15) is 50.2 Å². The van der Waals surface area contributed by atoms with Crippen molar-refractivity contribution >= 4 is 18.1 Å². The van der Waals surface area contributed by atoms with Gasteiger partial charge >= 0.3 is 5.97 Å². The molecule has 1 aliphatic carbocycles. The Kier molecular flexibility index (Phi) is 11.6. The first-order chi connectivity index (χ1) is 16.0. The minimum atomic E-state index is -0.394. The Bertz CT molecular complexity index is 891. The van der Waals surface area contributed by atoms with Crippen molar-refractivity contribution in [3.05, 3.63) is 84.5 Å². The lowest BCUT2D eigenvalue weighted by Gasteiger charge is -2.26. The average molecular weight is 451 g/mol. The largest absolute Gasteiger partial charge is 0.508 e. The molecule has 0 amide bonds. The smallest absolute Gasteiger partial charge is 0.329 e. The number of rotatable bonds is 8. The van der Waals surface area contributed by atoms with Gasteiger partial charge in [0.15, 0.2) is 6.29 Å². The summed E-state index contributed by atoms with van der Waals surface area (Å²) in [7, 11) is 1.31. The van der Waals surface area contributed by atoms with Crippen molar-refractivity contribution in [2.45, 2.75) is 51.4 Å². The Morgan fingerprint density at radius 1 is 0.970 bits per heavy atom. The molecule has 1 fully saturated rings. The molecule has 176 valence electrons. The van der Waals surface area contributed by atoms with E-state index in [4.69, 9.17) is 9.47 Å². The molecular weight excluding hydrogens is 416 g/mol. The lowest BCUT2D eigenvalue weighted by molar-refractivity contribution is -0.134. The predicted molar refractivity (Wildman–Crippen MR) is 133 cm³/mol. The number of phenols is 1. The second-order valence-corrected chi connectivity index (χ2v) is 7.69. The van der Waals surface area contributed by atoms with Gasteiger partial charge in [0.1, 0.15) is 11.5 Å². The summed E-state index contributed by atoms with van der Waals surface area (Å²) in [6, 6.07) is 15.1. The molecular formula is C28H34O5. The molecule has 0 spiro atoms. The molecule has 1 unspecified atom stereocenters. The highest BCUT2D eigenvalue weighted by atomic mass is 16.7. The quantitative estimate of drug-likeness (QED) is 0.214. The van der Waals surface area contributed by atoms with Gasteiger partial charge < -0.3 is 19.3 Å². The second kappa shape index (κ2) is 14.7. The highest BCUT2D eigenvalue weighted by Crippen LogP contribution is 2.23. The maximum Gasteiger partial charge on any atom is 0.329 e. The lowest BCUT2D eigenvalue weighted by Crippen LogP contribution is -2.26. The molecule has 5 heteroatoms. The molecule has 1 saturated carbocycles. The predicted octanol–water partition coefficient (Wildman–Crippen LogP) is 6.54. The molecule has 5 nitrogen and oxygen atoms in total. The summed E-state index contributed by atoms with van der Waals surface area (Å²) >= 11 is 0. The van der Waals surface area contributed by atoms with Crippen molar-refractivity contribution in [1.82, 2.24) is 0 Å². The number of phenolic OH excluding ortho intramolecular Hbond substituents is 1. The average Bonchev–Trinajstić information content (AvgIpc) is 2.84. The van der Waals surface area contributed by atoms with Gasteiger partial charge in [-0.1, -0.05) is 74.4 Å². The Morgan fingerprint density at radius 2 is 1.52 bits per heavy atom. The van der Waals surface area contributed by atoms with Crippen LogP contribution < -0.4 is 4.74 Å². The van der Waals surface area contributed by atoms with Crippen LogP contribution in [0, 0.1) is 0 Å². The van der Waals surface area contributed by atoms with E-state index in [9.17, 15) is 9.90 Å². The number of benzene rings is 2. The summed E-state index contributed by atoms with van der Waals surface area (Å²) in [5.74, 6) is 0.716. The minimum absolute atomic E-state index is 0.220. The fraction of sp³-hybridized carbons (Fsp3) is 0.321. The number of carbonyl (C=O) groups excluding carboxylic acids is 1. The molecule has 2 aromatic rings. The maximum absolute atomic E-state index is 9.84. The standard InChI is InChI=1S/C24H28O3.C4H6O2/c1-19(26-23-9-3-2-4-10-23)27-24-17-13-21(14-18-24)8-6-5-7-20-11-15-22(25)16-12-20;1-3-4(5)6-2/h5-8,11-19,23,25H,2-4,9-10H2,1H3;3H,1H2,2H3. The van der Waals surface area contributed by atoms with Crippen LogP contribution in [-0.4, -0.2) is 30.6 Å². The van der Waals surface area contributed by atoms with E-state index in [1.165, 1.54) is 26.4 Å². The molecule has 0 bridgehead atoms. The maximum atomic E-state index is 9.84. The van der Waals surface area contributed by atoms with Crippen LogP contribution in [0.3, 0.4) is 0 Å².